The van der Waals surface area contributed by atoms with Crippen LogP contribution in [0.1, 0.15) is 13.3 Å². The summed E-state index contributed by atoms with van der Waals surface area (Å²) < 4.78 is 3.30. The molecule has 0 unspecified atom stereocenters. The normalized spacial score (nSPS) is 10.9. The number of aryl methyl sites for hydroxylation is 1. The van der Waals surface area contributed by atoms with E-state index in [4.69, 9.17) is 23.2 Å². The fourth-order valence-electron chi connectivity index (χ4n) is 1.36. The molecule has 0 fully saturated rings. The largest absolute Gasteiger partial charge is 0.314 e. The first-order valence-electron chi connectivity index (χ1n) is 4.55. The Balaban J connectivity index is 2.44. The molecule has 15 heavy (non-hydrogen) atoms. The van der Waals surface area contributed by atoms with Crippen molar-refractivity contribution >= 4 is 34.5 Å². The Bertz CT molecular complexity index is 464. The second-order valence-corrected chi connectivity index (χ2v) is 5.37. The zero-order chi connectivity index (χ0) is 10.8. The van der Waals surface area contributed by atoms with Gasteiger partial charge in [-0.05, 0) is 12.5 Å². The standard InChI is InChI=1S/C9H9Cl2N3S/c1-2-3-14-5-12-13-9(14)6-4-7(10)15-8(6)11/h4-5H,2-3H2,1H3. The maximum absolute atomic E-state index is 6.06. The van der Waals surface area contributed by atoms with Crippen LogP contribution in [0, 0.1) is 0 Å². The van der Waals surface area contributed by atoms with Gasteiger partial charge in [-0.2, -0.15) is 0 Å². The number of hydrogen-bond acceptors (Lipinski definition) is 3. The molecule has 80 valence electrons. The molecule has 2 heterocycles. The van der Waals surface area contributed by atoms with Gasteiger partial charge in [-0.15, -0.1) is 21.5 Å². The van der Waals surface area contributed by atoms with Crippen LogP contribution in [0.5, 0.6) is 0 Å². The van der Waals surface area contributed by atoms with Gasteiger partial charge in [-0.3, -0.25) is 0 Å². The van der Waals surface area contributed by atoms with E-state index >= 15 is 0 Å². The number of hydrogen-bond donors (Lipinski definition) is 0. The van der Waals surface area contributed by atoms with Gasteiger partial charge in [0.25, 0.3) is 0 Å². The lowest BCUT2D eigenvalue weighted by molar-refractivity contribution is 0.683. The van der Waals surface area contributed by atoms with Crippen molar-refractivity contribution in [3.8, 4) is 11.4 Å². The molecule has 0 aliphatic rings. The highest BCUT2D eigenvalue weighted by atomic mass is 35.5. The second kappa shape index (κ2) is 4.51. The van der Waals surface area contributed by atoms with Crippen molar-refractivity contribution in [1.29, 1.82) is 0 Å². The molecule has 3 nitrogen and oxygen atoms in total. The van der Waals surface area contributed by atoms with Crippen molar-refractivity contribution in [1.82, 2.24) is 14.8 Å². The Kier molecular flexibility index (Phi) is 3.29. The topological polar surface area (TPSA) is 30.7 Å². The maximum atomic E-state index is 6.06. The van der Waals surface area contributed by atoms with E-state index in [-0.39, 0.29) is 0 Å². The maximum Gasteiger partial charge on any atom is 0.166 e. The van der Waals surface area contributed by atoms with Crippen LogP contribution < -0.4 is 0 Å². The second-order valence-electron chi connectivity index (χ2n) is 3.09. The fourth-order valence-corrected chi connectivity index (χ4v) is 2.82. The highest BCUT2D eigenvalue weighted by molar-refractivity contribution is 7.20. The summed E-state index contributed by atoms with van der Waals surface area (Å²) in [5.41, 5.74) is 0.859. The van der Waals surface area contributed by atoms with E-state index in [1.807, 2.05) is 10.6 Å². The molecule has 0 N–H and O–H groups in total. The Labute approximate surface area is 102 Å². The summed E-state index contributed by atoms with van der Waals surface area (Å²) in [7, 11) is 0. The molecule has 0 saturated carbocycles. The molecule has 2 aromatic rings. The lowest BCUT2D eigenvalue weighted by Crippen LogP contribution is -1.97. The molecule has 0 atom stereocenters. The summed E-state index contributed by atoms with van der Waals surface area (Å²) in [5.74, 6) is 0.782. The monoisotopic (exact) mass is 261 g/mol. The Morgan fingerprint density at radius 3 is 2.87 bits per heavy atom. The highest BCUT2D eigenvalue weighted by Crippen LogP contribution is 2.37. The van der Waals surface area contributed by atoms with Crippen molar-refractivity contribution in [3.63, 3.8) is 0 Å². The number of nitrogens with zero attached hydrogens (tertiary/aromatic N) is 3. The number of rotatable bonds is 3. The first-order chi connectivity index (χ1) is 7.22. The average Bonchev–Trinajstić information content (AvgIpc) is 2.73. The minimum absolute atomic E-state index is 0.658. The molecule has 0 saturated heterocycles. The molecule has 2 aromatic heterocycles. The molecule has 6 heteroatoms. The quantitative estimate of drug-likeness (QED) is 0.843. The van der Waals surface area contributed by atoms with E-state index in [1.54, 1.807) is 6.33 Å². The van der Waals surface area contributed by atoms with Gasteiger partial charge in [0.15, 0.2) is 5.82 Å². The molecule has 0 amide bonds. The van der Waals surface area contributed by atoms with Crippen molar-refractivity contribution in [2.45, 2.75) is 19.9 Å². The van der Waals surface area contributed by atoms with Gasteiger partial charge in [-0.25, -0.2) is 0 Å². The van der Waals surface area contributed by atoms with Crippen molar-refractivity contribution in [3.05, 3.63) is 21.1 Å². The minimum atomic E-state index is 0.658. The van der Waals surface area contributed by atoms with Gasteiger partial charge in [0, 0.05) is 6.54 Å². The zero-order valence-corrected chi connectivity index (χ0v) is 10.4. The van der Waals surface area contributed by atoms with E-state index in [0.717, 1.165) is 24.4 Å². The predicted octanol–water partition coefficient (Wildman–Crippen LogP) is 3.72. The molecule has 0 aromatic carbocycles. The summed E-state index contributed by atoms with van der Waals surface area (Å²) in [6, 6.07) is 1.82. The number of thiophene rings is 1. The average molecular weight is 262 g/mol. The van der Waals surface area contributed by atoms with Crippen molar-refractivity contribution < 1.29 is 0 Å². The summed E-state index contributed by atoms with van der Waals surface area (Å²) >= 11 is 13.3. The van der Waals surface area contributed by atoms with Gasteiger partial charge >= 0.3 is 0 Å². The third kappa shape index (κ3) is 2.17. The van der Waals surface area contributed by atoms with E-state index in [9.17, 15) is 0 Å². The first-order valence-corrected chi connectivity index (χ1v) is 6.12. The number of halogens is 2. The SMILES string of the molecule is CCCn1cnnc1-c1cc(Cl)sc1Cl. The van der Waals surface area contributed by atoms with E-state index in [0.29, 0.717) is 8.67 Å². The van der Waals surface area contributed by atoms with Crippen LogP contribution in [-0.4, -0.2) is 14.8 Å². The lowest BCUT2D eigenvalue weighted by atomic mass is 10.3. The smallest absolute Gasteiger partial charge is 0.166 e. The van der Waals surface area contributed by atoms with Crippen LogP contribution in [-0.2, 0) is 6.54 Å². The number of aromatic nitrogens is 3. The first kappa shape index (κ1) is 10.9. The van der Waals surface area contributed by atoms with Gasteiger partial charge in [0.05, 0.1) is 9.90 Å². The molecular formula is C9H9Cl2N3S. The Hall–Kier alpha value is -0.580. The predicted molar refractivity (Wildman–Crippen MR) is 63.6 cm³/mol. The Morgan fingerprint density at radius 2 is 2.27 bits per heavy atom. The van der Waals surface area contributed by atoms with Crippen molar-refractivity contribution in [2.75, 3.05) is 0 Å². The fraction of sp³-hybridized carbons (Fsp3) is 0.333. The van der Waals surface area contributed by atoms with Crippen LogP contribution in [0.3, 0.4) is 0 Å². The molecule has 0 radical (unpaired) electrons. The van der Waals surface area contributed by atoms with Crippen LogP contribution in [0.4, 0.5) is 0 Å². The van der Waals surface area contributed by atoms with Gasteiger partial charge in [0.2, 0.25) is 0 Å². The van der Waals surface area contributed by atoms with Crippen molar-refractivity contribution in [2.24, 2.45) is 0 Å². The Morgan fingerprint density at radius 1 is 1.47 bits per heavy atom. The van der Waals surface area contributed by atoms with Gasteiger partial charge in [0.1, 0.15) is 10.7 Å². The van der Waals surface area contributed by atoms with Crippen LogP contribution in [0.2, 0.25) is 8.67 Å². The molecule has 0 aliphatic heterocycles. The lowest BCUT2D eigenvalue weighted by Gasteiger charge is -2.02. The van der Waals surface area contributed by atoms with Gasteiger partial charge in [-0.1, -0.05) is 30.1 Å². The van der Waals surface area contributed by atoms with E-state index < -0.39 is 0 Å². The van der Waals surface area contributed by atoms with Crippen LogP contribution in [0.25, 0.3) is 11.4 Å². The third-order valence-corrected chi connectivity index (χ3v) is 3.47. The van der Waals surface area contributed by atoms with Gasteiger partial charge < -0.3 is 4.57 Å². The summed E-state index contributed by atoms with van der Waals surface area (Å²) in [4.78, 5) is 0. The third-order valence-electron chi connectivity index (χ3n) is 1.98. The summed E-state index contributed by atoms with van der Waals surface area (Å²) in [6.07, 6.45) is 2.74. The van der Waals surface area contributed by atoms with Crippen LogP contribution >= 0.6 is 34.5 Å². The highest BCUT2D eigenvalue weighted by Gasteiger charge is 2.13. The van der Waals surface area contributed by atoms with E-state index in [2.05, 4.69) is 17.1 Å². The molecule has 2 rings (SSSR count). The molecule has 0 bridgehead atoms. The summed E-state index contributed by atoms with van der Waals surface area (Å²) in [5, 5.41) is 7.94. The summed E-state index contributed by atoms with van der Waals surface area (Å²) in [6.45, 7) is 2.98. The molecule has 0 aliphatic carbocycles. The molecular weight excluding hydrogens is 253 g/mol. The van der Waals surface area contributed by atoms with E-state index in [1.165, 1.54) is 11.3 Å². The zero-order valence-electron chi connectivity index (χ0n) is 8.07. The minimum Gasteiger partial charge on any atom is -0.314 e. The van der Waals surface area contributed by atoms with Crippen LogP contribution in [0.15, 0.2) is 12.4 Å². The molecule has 0 spiro atoms.